The van der Waals surface area contributed by atoms with Crippen LogP contribution in [0.3, 0.4) is 0 Å². The van der Waals surface area contributed by atoms with Crippen LogP contribution in [-0.4, -0.2) is 7.11 Å². The van der Waals surface area contributed by atoms with Gasteiger partial charge in [-0.3, -0.25) is 0 Å². The lowest BCUT2D eigenvalue weighted by molar-refractivity contribution is 0.386. The molecule has 1 aromatic carbocycles. The van der Waals surface area contributed by atoms with Crippen LogP contribution < -0.4 is 4.74 Å². The number of halogens is 1. The normalized spacial score (nSPS) is 16.9. The SMILES string of the molecule is COc1ccc(C(C#N)C2CC2)cc1F. The van der Waals surface area contributed by atoms with Crippen LogP contribution in [0.4, 0.5) is 4.39 Å². The number of hydrogen-bond acceptors (Lipinski definition) is 2. The maximum atomic E-state index is 13.4. The molecule has 0 amide bonds. The largest absolute Gasteiger partial charge is 0.494 e. The molecule has 0 aromatic heterocycles. The number of methoxy groups -OCH3 is 1. The molecule has 78 valence electrons. The fraction of sp³-hybridized carbons (Fsp3) is 0.417. The lowest BCUT2D eigenvalue weighted by Crippen LogP contribution is -1.99. The standard InChI is InChI=1S/C12H12FNO/c1-15-12-5-4-9(6-11(12)13)10(7-14)8-2-3-8/h4-6,8,10H,2-3H2,1H3. The Balaban J connectivity index is 2.28. The topological polar surface area (TPSA) is 33.0 Å². The van der Waals surface area contributed by atoms with Gasteiger partial charge in [-0.25, -0.2) is 4.39 Å². The van der Waals surface area contributed by atoms with E-state index in [4.69, 9.17) is 10.00 Å². The Kier molecular flexibility index (Phi) is 2.59. The van der Waals surface area contributed by atoms with Crippen LogP contribution in [0, 0.1) is 23.1 Å². The first kappa shape index (κ1) is 9.97. The highest BCUT2D eigenvalue weighted by Gasteiger charge is 2.32. The molecule has 3 heteroatoms. The summed E-state index contributed by atoms with van der Waals surface area (Å²) in [5, 5.41) is 9.00. The van der Waals surface area contributed by atoms with Crippen molar-refractivity contribution in [2.24, 2.45) is 5.92 Å². The Morgan fingerprint density at radius 3 is 2.73 bits per heavy atom. The summed E-state index contributed by atoms with van der Waals surface area (Å²) < 4.78 is 18.2. The molecule has 0 bridgehead atoms. The van der Waals surface area contributed by atoms with Gasteiger partial charge in [0.25, 0.3) is 0 Å². The Bertz CT molecular complexity index is 407. The third-order valence-electron chi connectivity index (χ3n) is 2.77. The van der Waals surface area contributed by atoms with Crippen molar-refractivity contribution in [2.75, 3.05) is 7.11 Å². The summed E-state index contributed by atoms with van der Waals surface area (Å²) >= 11 is 0. The average Bonchev–Trinajstić information content (AvgIpc) is 3.03. The second kappa shape index (κ2) is 3.90. The molecule has 0 spiro atoms. The summed E-state index contributed by atoms with van der Waals surface area (Å²) in [5.74, 6) is 0.0929. The first-order valence-corrected chi connectivity index (χ1v) is 4.99. The van der Waals surface area contributed by atoms with Crippen molar-refractivity contribution >= 4 is 0 Å². The number of rotatable bonds is 3. The van der Waals surface area contributed by atoms with Crippen molar-refractivity contribution in [2.45, 2.75) is 18.8 Å². The number of hydrogen-bond donors (Lipinski definition) is 0. The van der Waals surface area contributed by atoms with E-state index in [1.807, 2.05) is 0 Å². The first-order valence-electron chi connectivity index (χ1n) is 4.99. The summed E-state index contributed by atoms with van der Waals surface area (Å²) in [6.45, 7) is 0. The molecular formula is C12H12FNO. The Morgan fingerprint density at radius 2 is 2.27 bits per heavy atom. The smallest absolute Gasteiger partial charge is 0.165 e. The third kappa shape index (κ3) is 1.94. The molecule has 0 N–H and O–H groups in total. The quantitative estimate of drug-likeness (QED) is 0.760. The van der Waals surface area contributed by atoms with Gasteiger partial charge >= 0.3 is 0 Å². The Morgan fingerprint density at radius 1 is 1.53 bits per heavy atom. The molecule has 1 fully saturated rings. The van der Waals surface area contributed by atoms with Crippen molar-refractivity contribution in [1.82, 2.24) is 0 Å². The molecule has 0 aliphatic heterocycles. The van der Waals surface area contributed by atoms with Gasteiger partial charge in [-0.1, -0.05) is 6.07 Å². The highest BCUT2D eigenvalue weighted by atomic mass is 19.1. The van der Waals surface area contributed by atoms with Crippen LogP contribution in [0.2, 0.25) is 0 Å². The lowest BCUT2D eigenvalue weighted by atomic mass is 9.95. The summed E-state index contributed by atoms with van der Waals surface area (Å²) in [5.41, 5.74) is 0.762. The predicted molar refractivity (Wildman–Crippen MR) is 54.0 cm³/mol. The van der Waals surface area contributed by atoms with E-state index in [-0.39, 0.29) is 11.7 Å². The lowest BCUT2D eigenvalue weighted by Gasteiger charge is -2.09. The Hall–Kier alpha value is -1.56. The molecule has 2 rings (SSSR count). The maximum Gasteiger partial charge on any atom is 0.165 e. The van der Waals surface area contributed by atoms with E-state index in [1.165, 1.54) is 13.2 Å². The van der Waals surface area contributed by atoms with Crippen LogP contribution in [0.5, 0.6) is 5.75 Å². The monoisotopic (exact) mass is 205 g/mol. The highest BCUT2D eigenvalue weighted by Crippen LogP contribution is 2.42. The van der Waals surface area contributed by atoms with Gasteiger partial charge in [-0.2, -0.15) is 5.26 Å². The van der Waals surface area contributed by atoms with Gasteiger partial charge in [0.2, 0.25) is 0 Å². The van der Waals surface area contributed by atoms with Crippen molar-refractivity contribution in [3.8, 4) is 11.8 Å². The molecule has 1 atom stereocenters. The zero-order chi connectivity index (χ0) is 10.8. The molecule has 1 aliphatic carbocycles. The van der Waals surface area contributed by atoms with Gasteiger partial charge in [0, 0.05) is 0 Å². The zero-order valence-corrected chi connectivity index (χ0v) is 8.53. The van der Waals surface area contributed by atoms with Crippen molar-refractivity contribution < 1.29 is 9.13 Å². The molecule has 2 nitrogen and oxygen atoms in total. The molecule has 0 radical (unpaired) electrons. The molecule has 1 saturated carbocycles. The van der Waals surface area contributed by atoms with Crippen LogP contribution in [0.1, 0.15) is 24.3 Å². The highest BCUT2D eigenvalue weighted by molar-refractivity contribution is 5.34. The fourth-order valence-corrected chi connectivity index (χ4v) is 1.76. The van der Waals surface area contributed by atoms with Crippen LogP contribution in [0.25, 0.3) is 0 Å². The number of ether oxygens (including phenoxy) is 1. The van der Waals surface area contributed by atoms with Crippen LogP contribution in [-0.2, 0) is 0 Å². The average molecular weight is 205 g/mol. The predicted octanol–water partition coefficient (Wildman–Crippen LogP) is 2.85. The molecule has 1 aromatic rings. The second-order valence-electron chi connectivity index (χ2n) is 3.84. The number of nitrogens with zero attached hydrogens (tertiary/aromatic N) is 1. The van der Waals surface area contributed by atoms with Crippen molar-refractivity contribution in [3.63, 3.8) is 0 Å². The molecule has 1 aliphatic rings. The van der Waals surface area contributed by atoms with E-state index >= 15 is 0 Å². The third-order valence-corrected chi connectivity index (χ3v) is 2.77. The maximum absolute atomic E-state index is 13.4. The van der Waals surface area contributed by atoms with E-state index in [2.05, 4.69) is 6.07 Å². The summed E-state index contributed by atoms with van der Waals surface area (Å²) in [4.78, 5) is 0. The van der Waals surface area contributed by atoms with E-state index in [1.54, 1.807) is 12.1 Å². The van der Waals surface area contributed by atoms with Gasteiger partial charge in [-0.05, 0) is 36.5 Å². The van der Waals surface area contributed by atoms with Gasteiger partial charge in [0.15, 0.2) is 11.6 Å². The van der Waals surface area contributed by atoms with E-state index < -0.39 is 5.82 Å². The Labute approximate surface area is 88.3 Å². The summed E-state index contributed by atoms with van der Waals surface area (Å²) in [6.07, 6.45) is 2.15. The minimum Gasteiger partial charge on any atom is -0.494 e. The fourth-order valence-electron chi connectivity index (χ4n) is 1.76. The number of benzene rings is 1. The van der Waals surface area contributed by atoms with Gasteiger partial charge in [0.1, 0.15) is 0 Å². The van der Waals surface area contributed by atoms with E-state index in [0.717, 1.165) is 18.4 Å². The minimum atomic E-state index is -0.393. The molecule has 15 heavy (non-hydrogen) atoms. The molecular weight excluding hydrogens is 193 g/mol. The van der Waals surface area contributed by atoms with Crippen molar-refractivity contribution in [3.05, 3.63) is 29.6 Å². The molecule has 0 saturated heterocycles. The summed E-state index contributed by atoms with van der Waals surface area (Å²) in [6, 6.07) is 7.00. The van der Waals surface area contributed by atoms with Gasteiger partial charge in [0.05, 0.1) is 19.1 Å². The zero-order valence-electron chi connectivity index (χ0n) is 8.53. The molecule has 1 unspecified atom stereocenters. The molecule has 0 heterocycles. The number of nitriles is 1. The first-order chi connectivity index (χ1) is 7.26. The van der Waals surface area contributed by atoms with Crippen LogP contribution >= 0.6 is 0 Å². The van der Waals surface area contributed by atoms with Gasteiger partial charge in [-0.15, -0.1) is 0 Å². The van der Waals surface area contributed by atoms with Gasteiger partial charge < -0.3 is 4.74 Å². The van der Waals surface area contributed by atoms with E-state index in [9.17, 15) is 4.39 Å². The van der Waals surface area contributed by atoms with Crippen LogP contribution in [0.15, 0.2) is 18.2 Å². The minimum absolute atomic E-state index is 0.162. The van der Waals surface area contributed by atoms with Crippen molar-refractivity contribution in [1.29, 1.82) is 5.26 Å². The summed E-state index contributed by atoms with van der Waals surface area (Å²) in [7, 11) is 1.43. The second-order valence-corrected chi connectivity index (χ2v) is 3.84. The van der Waals surface area contributed by atoms with E-state index in [0.29, 0.717) is 5.92 Å².